The van der Waals surface area contributed by atoms with Gasteiger partial charge in [-0.25, -0.2) is 0 Å². The highest BCUT2D eigenvalue weighted by molar-refractivity contribution is 5.94. The summed E-state index contributed by atoms with van der Waals surface area (Å²) in [6.07, 6.45) is 7.11. The predicted octanol–water partition coefficient (Wildman–Crippen LogP) is 4.33. The van der Waals surface area contributed by atoms with Crippen molar-refractivity contribution in [1.82, 2.24) is 4.98 Å². The van der Waals surface area contributed by atoms with E-state index in [0.29, 0.717) is 17.5 Å². The molecule has 1 atom stereocenters. The molecule has 1 unspecified atom stereocenters. The topological polar surface area (TPSA) is 74.2 Å². The molecule has 4 nitrogen and oxygen atoms in total. The number of aromatic nitrogens is 1. The molecule has 2 aromatic rings. The van der Waals surface area contributed by atoms with Crippen molar-refractivity contribution in [2.24, 2.45) is 5.73 Å². The minimum Gasteiger partial charge on any atom is -0.496 e. The molecular formula is C20H29N3O. The first-order valence-electron chi connectivity index (χ1n) is 9.12. The van der Waals surface area contributed by atoms with Crippen LogP contribution in [0.25, 0.3) is 10.9 Å². The SMILES string of the molecule is COc1cc(N)c2nc(C(C)CCCN)ccc2c1C1CCCC1. The monoisotopic (exact) mass is 327 g/mol. The largest absolute Gasteiger partial charge is 0.496 e. The summed E-state index contributed by atoms with van der Waals surface area (Å²) >= 11 is 0. The first-order valence-corrected chi connectivity index (χ1v) is 9.12. The molecule has 0 aliphatic heterocycles. The summed E-state index contributed by atoms with van der Waals surface area (Å²) in [4.78, 5) is 4.91. The lowest BCUT2D eigenvalue weighted by Crippen LogP contribution is -2.06. The van der Waals surface area contributed by atoms with Crippen molar-refractivity contribution >= 4 is 16.6 Å². The molecule has 1 saturated carbocycles. The van der Waals surface area contributed by atoms with Crippen LogP contribution in [0.3, 0.4) is 0 Å². The van der Waals surface area contributed by atoms with Crippen molar-refractivity contribution in [3.05, 3.63) is 29.5 Å². The van der Waals surface area contributed by atoms with Gasteiger partial charge in [0.1, 0.15) is 5.75 Å². The van der Waals surface area contributed by atoms with E-state index in [4.69, 9.17) is 21.2 Å². The molecule has 4 heteroatoms. The van der Waals surface area contributed by atoms with Crippen molar-refractivity contribution < 1.29 is 4.74 Å². The van der Waals surface area contributed by atoms with Gasteiger partial charge in [0.25, 0.3) is 0 Å². The molecule has 4 N–H and O–H groups in total. The third kappa shape index (κ3) is 3.20. The summed E-state index contributed by atoms with van der Waals surface area (Å²) in [5, 5.41) is 1.16. The smallest absolute Gasteiger partial charge is 0.125 e. The van der Waals surface area contributed by atoms with E-state index in [0.717, 1.165) is 41.7 Å². The van der Waals surface area contributed by atoms with Crippen LogP contribution in [0.2, 0.25) is 0 Å². The summed E-state index contributed by atoms with van der Waals surface area (Å²) in [6, 6.07) is 6.31. The molecule has 1 fully saturated rings. The summed E-state index contributed by atoms with van der Waals surface area (Å²) in [5.74, 6) is 1.87. The summed E-state index contributed by atoms with van der Waals surface area (Å²) < 4.78 is 5.66. The Kier molecular flexibility index (Phi) is 5.24. The average Bonchev–Trinajstić information content (AvgIpc) is 3.13. The average molecular weight is 327 g/mol. The number of hydrogen-bond acceptors (Lipinski definition) is 4. The van der Waals surface area contributed by atoms with Crippen LogP contribution in [-0.2, 0) is 0 Å². The van der Waals surface area contributed by atoms with E-state index < -0.39 is 0 Å². The first kappa shape index (κ1) is 17.0. The maximum atomic E-state index is 6.31. The van der Waals surface area contributed by atoms with Gasteiger partial charge in [-0.1, -0.05) is 25.8 Å². The van der Waals surface area contributed by atoms with Gasteiger partial charge in [0.05, 0.1) is 18.3 Å². The Bertz CT molecular complexity index is 708. The van der Waals surface area contributed by atoms with Crippen LogP contribution in [0.15, 0.2) is 18.2 Å². The van der Waals surface area contributed by atoms with Gasteiger partial charge in [-0.2, -0.15) is 0 Å². The third-order valence-electron chi connectivity index (χ3n) is 5.36. The van der Waals surface area contributed by atoms with E-state index in [1.807, 2.05) is 6.07 Å². The number of nitrogens with two attached hydrogens (primary N) is 2. The zero-order chi connectivity index (χ0) is 17.1. The lowest BCUT2D eigenvalue weighted by atomic mass is 9.91. The van der Waals surface area contributed by atoms with Crippen molar-refractivity contribution in [3.8, 4) is 5.75 Å². The lowest BCUT2D eigenvalue weighted by molar-refractivity contribution is 0.407. The van der Waals surface area contributed by atoms with Gasteiger partial charge in [0.2, 0.25) is 0 Å². The van der Waals surface area contributed by atoms with Crippen LogP contribution in [0.1, 0.15) is 68.5 Å². The van der Waals surface area contributed by atoms with E-state index >= 15 is 0 Å². The number of fused-ring (bicyclic) bond motifs is 1. The second kappa shape index (κ2) is 7.39. The number of nitrogen functional groups attached to an aromatic ring is 1. The first-order chi connectivity index (χ1) is 11.7. The van der Waals surface area contributed by atoms with Gasteiger partial charge >= 0.3 is 0 Å². The molecule has 3 rings (SSSR count). The molecule has 0 radical (unpaired) electrons. The fourth-order valence-electron chi connectivity index (χ4n) is 3.98. The minimum atomic E-state index is 0.398. The molecule has 24 heavy (non-hydrogen) atoms. The zero-order valence-electron chi connectivity index (χ0n) is 14.8. The van der Waals surface area contributed by atoms with E-state index in [-0.39, 0.29) is 0 Å². The van der Waals surface area contributed by atoms with Gasteiger partial charge in [0, 0.05) is 22.7 Å². The van der Waals surface area contributed by atoms with Crippen molar-refractivity contribution in [2.45, 2.75) is 57.3 Å². The molecular weight excluding hydrogens is 298 g/mol. The van der Waals surface area contributed by atoms with Gasteiger partial charge in [-0.05, 0) is 50.1 Å². The predicted molar refractivity (Wildman–Crippen MR) is 101 cm³/mol. The fraction of sp³-hybridized carbons (Fsp3) is 0.550. The zero-order valence-corrected chi connectivity index (χ0v) is 14.8. The number of hydrogen-bond donors (Lipinski definition) is 2. The van der Waals surface area contributed by atoms with Crippen LogP contribution in [0.4, 0.5) is 5.69 Å². The van der Waals surface area contributed by atoms with Crippen molar-refractivity contribution in [3.63, 3.8) is 0 Å². The standard InChI is InChI=1S/C20H29N3O/c1-13(6-5-11-21)17-10-9-15-19(14-7-3-4-8-14)18(24-2)12-16(22)20(15)23-17/h9-10,12-14H,3-8,11,21-22H2,1-2H3. The molecule has 1 aliphatic rings. The summed E-state index contributed by atoms with van der Waals surface area (Å²) in [7, 11) is 1.73. The molecule has 1 aromatic carbocycles. The third-order valence-corrected chi connectivity index (χ3v) is 5.36. The number of nitrogens with zero attached hydrogens (tertiary/aromatic N) is 1. The molecule has 1 heterocycles. The highest BCUT2D eigenvalue weighted by Gasteiger charge is 2.24. The van der Waals surface area contributed by atoms with E-state index in [1.165, 1.54) is 31.2 Å². The number of pyridine rings is 1. The van der Waals surface area contributed by atoms with Gasteiger partial charge in [-0.15, -0.1) is 0 Å². The van der Waals surface area contributed by atoms with Crippen molar-refractivity contribution in [2.75, 3.05) is 19.4 Å². The number of ether oxygens (including phenoxy) is 1. The van der Waals surface area contributed by atoms with Crippen LogP contribution in [-0.4, -0.2) is 18.6 Å². The quantitative estimate of drug-likeness (QED) is 0.775. The minimum absolute atomic E-state index is 0.398. The van der Waals surface area contributed by atoms with Gasteiger partial charge in [0.15, 0.2) is 0 Å². The molecule has 1 aromatic heterocycles. The summed E-state index contributed by atoms with van der Waals surface area (Å²) in [6.45, 7) is 2.94. The molecule has 130 valence electrons. The van der Waals surface area contributed by atoms with Crippen LogP contribution in [0, 0.1) is 0 Å². The lowest BCUT2D eigenvalue weighted by Gasteiger charge is -2.20. The molecule has 0 saturated heterocycles. The Morgan fingerprint density at radius 3 is 2.71 bits per heavy atom. The Morgan fingerprint density at radius 2 is 2.04 bits per heavy atom. The van der Waals surface area contributed by atoms with Gasteiger partial charge < -0.3 is 16.2 Å². The number of rotatable bonds is 6. The van der Waals surface area contributed by atoms with E-state index in [9.17, 15) is 0 Å². The second-order valence-corrected chi connectivity index (χ2v) is 7.03. The Hall–Kier alpha value is -1.81. The van der Waals surface area contributed by atoms with E-state index in [2.05, 4.69) is 19.1 Å². The molecule has 0 amide bonds. The fourth-order valence-corrected chi connectivity index (χ4v) is 3.98. The van der Waals surface area contributed by atoms with Crippen LogP contribution >= 0.6 is 0 Å². The molecule has 1 aliphatic carbocycles. The van der Waals surface area contributed by atoms with Gasteiger partial charge in [-0.3, -0.25) is 4.98 Å². The number of methoxy groups -OCH3 is 1. The normalized spacial score (nSPS) is 16.6. The van der Waals surface area contributed by atoms with E-state index in [1.54, 1.807) is 7.11 Å². The van der Waals surface area contributed by atoms with Crippen LogP contribution in [0.5, 0.6) is 5.75 Å². The maximum Gasteiger partial charge on any atom is 0.125 e. The number of anilines is 1. The number of benzene rings is 1. The van der Waals surface area contributed by atoms with Crippen LogP contribution < -0.4 is 16.2 Å². The Morgan fingerprint density at radius 1 is 1.29 bits per heavy atom. The molecule has 0 spiro atoms. The van der Waals surface area contributed by atoms with Crippen molar-refractivity contribution in [1.29, 1.82) is 0 Å². The summed E-state index contributed by atoms with van der Waals surface area (Å²) in [5.41, 5.74) is 16.0. The Labute approximate surface area is 144 Å². The molecule has 0 bridgehead atoms. The highest BCUT2D eigenvalue weighted by Crippen LogP contribution is 2.44. The highest BCUT2D eigenvalue weighted by atomic mass is 16.5. The maximum absolute atomic E-state index is 6.31. The second-order valence-electron chi connectivity index (χ2n) is 7.03. The Balaban J connectivity index is 2.08.